The summed E-state index contributed by atoms with van der Waals surface area (Å²) >= 11 is 0. The molecule has 0 aliphatic carbocycles. The molecule has 4 aromatic rings. The van der Waals surface area contributed by atoms with E-state index in [-0.39, 0.29) is 6.61 Å². The first-order valence-electron chi connectivity index (χ1n) is 9.58. The van der Waals surface area contributed by atoms with Crippen LogP contribution < -0.4 is 4.74 Å². The van der Waals surface area contributed by atoms with Gasteiger partial charge in [0.05, 0.1) is 12.2 Å². The molecule has 0 aliphatic rings. The molecule has 1 aromatic heterocycles. The van der Waals surface area contributed by atoms with Gasteiger partial charge in [-0.05, 0) is 68.3 Å². The van der Waals surface area contributed by atoms with Gasteiger partial charge in [0.2, 0.25) is 0 Å². The summed E-state index contributed by atoms with van der Waals surface area (Å²) in [5, 5.41) is 14.3. The molecule has 0 unspecified atom stereocenters. The zero-order chi connectivity index (χ0) is 20.4. The SMILES string of the molecule is Cc1cc(C)c(-c2onc(-c3ccc(Oc4ccccc4)cc3)c2CO)c(C)c1. The number of nitrogens with zero attached hydrogens (tertiary/aromatic N) is 1. The number of aliphatic hydroxyl groups excluding tert-OH is 1. The third-order valence-electron chi connectivity index (χ3n) is 4.96. The van der Waals surface area contributed by atoms with Gasteiger partial charge in [-0.25, -0.2) is 0 Å². The largest absolute Gasteiger partial charge is 0.457 e. The summed E-state index contributed by atoms with van der Waals surface area (Å²) in [5.74, 6) is 2.15. The van der Waals surface area contributed by atoms with Crippen LogP contribution >= 0.6 is 0 Å². The second-order valence-electron chi connectivity index (χ2n) is 7.21. The monoisotopic (exact) mass is 385 g/mol. The third kappa shape index (κ3) is 3.80. The molecular weight excluding hydrogens is 362 g/mol. The Hall–Kier alpha value is -3.37. The van der Waals surface area contributed by atoms with E-state index in [1.165, 1.54) is 5.56 Å². The summed E-state index contributed by atoms with van der Waals surface area (Å²) in [4.78, 5) is 0. The molecule has 29 heavy (non-hydrogen) atoms. The van der Waals surface area contributed by atoms with Crippen molar-refractivity contribution < 1.29 is 14.4 Å². The lowest BCUT2D eigenvalue weighted by Gasteiger charge is -2.10. The van der Waals surface area contributed by atoms with Gasteiger partial charge in [-0.15, -0.1) is 0 Å². The number of hydrogen-bond donors (Lipinski definition) is 1. The Morgan fingerprint density at radius 3 is 2.10 bits per heavy atom. The van der Waals surface area contributed by atoms with Gasteiger partial charge in [0, 0.05) is 11.1 Å². The van der Waals surface area contributed by atoms with Gasteiger partial charge in [0.25, 0.3) is 0 Å². The van der Waals surface area contributed by atoms with Gasteiger partial charge in [-0.1, -0.05) is 41.1 Å². The van der Waals surface area contributed by atoms with Crippen LogP contribution in [0.4, 0.5) is 0 Å². The first-order valence-corrected chi connectivity index (χ1v) is 9.58. The molecule has 4 heteroatoms. The Balaban J connectivity index is 1.68. The minimum atomic E-state index is -0.150. The molecular formula is C25H23NO3. The fourth-order valence-electron chi connectivity index (χ4n) is 3.72. The summed E-state index contributed by atoms with van der Waals surface area (Å²) < 4.78 is 11.6. The highest BCUT2D eigenvalue weighted by Gasteiger charge is 2.21. The molecule has 0 fully saturated rings. The van der Waals surface area contributed by atoms with Crippen molar-refractivity contribution in [2.75, 3.05) is 0 Å². The molecule has 0 amide bonds. The number of aryl methyl sites for hydroxylation is 3. The maximum absolute atomic E-state index is 10.1. The Morgan fingerprint density at radius 1 is 0.862 bits per heavy atom. The molecule has 0 saturated carbocycles. The van der Waals surface area contributed by atoms with Crippen LogP contribution in [0, 0.1) is 20.8 Å². The number of rotatable bonds is 5. The van der Waals surface area contributed by atoms with E-state index >= 15 is 0 Å². The van der Waals surface area contributed by atoms with E-state index < -0.39 is 0 Å². The van der Waals surface area contributed by atoms with Crippen molar-refractivity contribution in [2.24, 2.45) is 0 Å². The molecule has 0 atom stereocenters. The van der Waals surface area contributed by atoms with Crippen LogP contribution in [0.2, 0.25) is 0 Å². The first-order chi connectivity index (χ1) is 14.1. The molecule has 0 radical (unpaired) electrons. The Bertz CT molecular complexity index is 1110. The number of benzene rings is 3. The fourth-order valence-corrected chi connectivity index (χ4v) is 3.72. The van der Waals surface area contributed by atoms with Gasteiger partial charge in [-0.2, -0.15) is 0 Å². The molecule has 4 rings (SSSR count). The van der Waals surface area contributed by atoms with Crippen molar-refractivity contribution in [2.45, 2.75) is 27.4 Å². The van der Waals surface area contributed by atoms with E-state index in [1.54, 1.807) is 0 Å². The highest BCUT2D eigenvalue weighted by molar-refractivity contribution is 5.76. The zero-order valence-electron chi connectivity index (χ0n) is 16.8. The summed E-state index contributed by atoms with van der Waals surface area (Å²) in [6, 6.07) is 21.5. The van der Waals surface area contributed by atoms with E-state index in [4.69, 9.17) is 9.26 Å². The van der Waals surface area contributed by atoms with Crippen molar-refractivity contribution in [3.05, 3.63) is 89.0 Å². The summed E-state index contributed by atoms with van der Waals surface area (Å²) in [7, 11) is 0. The molecule has 3 aromatic carbocycles. The van der Waals surface area contributed by atoms with Gasteiger partial charge in [0.1, 0.15) is 17.2 Å². The van der Waals surface area contributed by atoms with Crippen LogP contribution in [-0.4, -0.2) is 10.3 Å². The molecule has 146 valence electrons. The highest BCUT2D eigenvalue weighted by Crippen LogP contribution is 2.36. The van der Waals surface area contributed by atoms with Crippen LogP contribution in [0.3, 0.4) is 0 Å². The molecule has 0 spiro atoms. The standard InChI is InChI=1S/C25H23NO3/c1-16-13-17(2)23(18(3)14-16)25-22(15-27)24(26-29-25)19-9-11-21(12-10-19)28-20-7-5-4-6-8-20/h4-14,27H,15H2,1-3H3. The van der Waals surface area contributed by atoms with E-state index in [1.807, 2.05) is 68.4 Å². The van der Waals surface area contributed by atoms with Crippen molar-refractivity contribution >= 4 is 0 Å². The van der Waals surface area contributed by atoms with Gasteiger partial charge >= 0.3 is 0 Å². The van der Waals surface area contributed by atoms with E-state index in [9.17, 15) is 5.11 Å². The quantitative estimate of drug-likeness (QED) is 0.443. The van der Waals surface area contributed by atoms with Crippen LogP contribution in [0.15, 0.2) is 71.3 Å². The second kappa shape index (κ2) is 7.94. The number of hydrogen-bond acceptors (Lipinski definition) is 4. The number of para-hydroxylation sites is 1. The van der Waals surface area contributed by atoms with Crippen LogP contribution in [0.1, 0.15) is 22.3 Å². The molecule has 4 nitrogen and oxygen atoms in total. The van der Waals surface area contributed by atoms with Crippen LogP contribution in [0.25, 0.3) is 22.6 Å². The lowest BCUT2D eigenvalue weighted by Crippen LogP contribution is -1.94. The van der Waals surface area contributed by atoms with E-state index in [0.29, 0.717) is 17.0 Å². The normalized spacial score (nSPS) is 10.9. The summed E-state index contributed by atoms with van der Waals surface area (Å²) in [6.07, 6.45) is 0. The summed E-state index contributed by atoms with van der Waals surface area (Å²) in [6.45, 7) is 6.02. The predicted molar refractivity (Wildman–Crippen MR) is 114 cm³/mol. The fraction of sp³-hybridized carbons (Fsp3) is 0.160. The van der Waals surface area contributed by atoms with Crippen molar-refractivity contribution in [3.63, 3.8) is 0 Å². The minimum Gasteiger partial charge on any atom is -0.457 e. The maximum atomic E-state index is 10.1. The van der Waals surface area contributed by atoms with Crippen molar-refractivity contribution in [1.82, 2.24) is 5.16 Å². The average molecular weight is 385 g/mol. The molecule has 0 aliphatic heterocycles. The molecule has 0 saturated heterocycles. The first kappa shape index (κ1) is 19.0. The smallest absolute Gasteiger partial charge is 0.173 e. The molecule has 1 N–H and O–H groups in total. The maximum Gasteiger partial charge on any atom is 0.173 e. The van der Waals surface area contributed by atoms with Gasteiger partial charge in [0.15, 0.2) is 5.76 Å². The van der Waals surface area contributed by atoms with Crippen molar-refractivity contribution in [1.29, 1.82) is 0 Å². The van der Waals surface area contributed by atoms with E-state index in [0.717, 1.165) is 33.8 Å². The second-order valence-corrected chi connectivity index (χ2v) is 7.21. The lowest BCUT2D eigenvalue weighted by atomic mass is 9.94. The highest BCUT2D eigenvalue weighted by atomic mass is 16.5. The number of aromatic nitrogens is 1. The molecule has 0 bridgehead atoms. The Morgan fingerprint density at radius 2 is 1.48 bits per heavy atom. The molecule has 1 heterocycles. The average Bonchev–Trinajstić information content (AvgIpc) is 3.12. The van der Waals surface area contributed by atoms with E-state index in [2.05, 4.69) is 24.2 Å². The van der Waals surface area contributed by atoms with Gasteiger partial charge in [-0.3, -0.25) is 0 Å². The number of aliphatic hydroxyl groups is 1. The number of ether oxygens (including phenoxy) is 1. The minimum absolute atomic E-state index is 0.150. The Kier molecular flexibility index (Phi) is 5.19. The third-order valence-corrected chi connectivity index (χ3v) is 4.96. The Labute approximate surface area is 170 Å². The van der Waals surface area contributed by atoms with Crippen molar-refractivity contribution in [3.8, 4) is 34.1 Å². The van der Waals surface area contributed by atoms with Crippen LogP contribution in [-0.2, 0) is 6.61 Å². The zero-order valence-corrected chi connectivity index (χ0v) is 16.8. The lowest BCUT2D eigenvalue weighted by molar-refractivity contribution is 0.281. The van der Waals surface area contributed by atoms with Gasteiger partial charge < -0.3 is 14.4 Å². The predicted octanol–water partition coefficient (Wildman–Crippen LogP) is 6.22. The van der Waals surface area contributed by atoms with Crippen LogP contribution in [0.5, 0.6) is 11.5 Å². The topological polar surface area (TPSA) is 55.5 Å². The summed E-state index contributed by atoms with van der Waals surface area (Å²) in [5.41, 5.74) is 6.60.